The molecule has 0 saturated heterocycles. The third-order valence-electron chi connectivity index (χ3n) is 2.68. The van der Waals surface area contributed by atoms with E-state index in [1.54, 1.807) is 6.07 Å². The smallest absolute Gasteiger partial charge is 0.293 e. The molecule has 0 aliphatic carbocycles. The predicted molar refractivity (Wildman–Crippen MR) is 73.6 cm³/mol. The number of hydrogen-bond acceptors (Lipinski definition) is 7. The standard InChI is InChI=1S/C11H12N4O5S/c12-14-10-5-9(1-2-11(10)15(16)17)21(18,19)13-6-8-3-4-20-7-8/h1-5,7,13-14H,6,12H2. The number of sulfonamides is 1. The number of nitro benzene ring substituents is 1. The molecule has 21 heavy (non-hydrogen) atoms. The van der Waals surface area contributed by atoms with Crippen LogP contribution in [0.4, 0.5) is 11.4 Å². The summed E-state index contributed by atoms with van der Waals surface area (Å²) < 4.78 is 31.4. The van der Waals surface area contributed by atoms with Crippen LogP contribution in [0.2, 0.25) is 0 Å². The number of nitrogen functional groups attached to an aromatic ring is 1. The molecule has 2 rings (SSSR count). The van der Waals surface area contributed by atoms with E-state index >= 15 is 0 Å². The first-order valence-corrected chi connectivity index (χ1v) is 7.18. The van der Waals surface area contributed by atoms with Crippen molar-refractivity contribution in [1.29, 1.82) is 0 Å². The number of anilines is 1. The summed E-state index contributed by atoms with van der Waals surface area (Å²) in [6.07, 6.45) is 2.83. The normalized spacial score (nSPS) is 11.3. The minimum atomic E-state index is -3.82. The molecule has 0 atom stereocenters. The quantitative estimate of drug-likeness (QED) is 0.409. The molecule has 0 fully saturated rings. The van der Waals surface area contributed by atoms with Gasteiger partial charge in [0.1, 0.15) is 5.69 Å². The molecular formula is C11H12N4O5S. The number of nitro groups is 1. The summed E-state index contributed by atoms with van der Waals surface area (Å²) in [6, 6.07) is 4.92. The minimum absolute atomic E-state index is 0.0429. The molecule has 1 aromatic heterocycles. The number of benzene rings is 1. The summed E-state index contributed by atoms with van der Waals surface area (Å²) in [5.41, 5.74) is 2.36. The highest BCUT2D eigenvalue weighted by atomic mass is 32.2. The van der Waals surface area contributed by atoms with Crippen molar-refractivity contribution in [2.24, 2.45) is 5.84 Å². The zero-order valence-electron chi connectivity index (χ0n) is 10.6. The Balaban J connectivity index is 2.25. The van der Waals surface area contributed by atoms with Gasteiger partial charge >= 0.3 is 0 Å². The van der Waals surface area contributed by atoms with Crippen LogP contribution in [-0.2, 0) is 16.6 Å². The summed E-state index contributed by atoms with van der Waals surface area (Å²) in [5.74, 6) is 5.17. The third kappa shape index (κ3) is 3.37. The average molecular weight is 312 g/mol. The van der Waals surface area contributed by atoms with E-state index in [2.05, 4.69) is 10.1 Å². The molecule has 9 nitrogen and oxygen atoms in total. The molecule has 0 unspecified atom stereocenters. The van der Waals surface area contributed by atoms with Crippen molar-refractivity contribution in [2.45, 2.75) is 11.4 Å². The van der Waals surface area contributed by atoms with Gasteiger partial charge in [0.2, 0.25) is 10.0 Å². The lowest BCUT2D eigenvalue weighted by Crippen LogP contribution is -2.23. The molecule has 0 bridgehead atoms. The maximum Gasteiger partial charge on any atom is 0.293 e. The molecule has 1 aromatic carbocycles. The van der Waals surface area contributed by atoms with Gasteiger partial charge in [0.25, 0.3) is 5.69 Å². The van der Waals surface area contributed by atoms with Crippen molar-refractivity contribution in [3.05, 3.63) is 52.5 Å². The van der Waals surface area contributed by atoms with Gasteiger partial charge in [-0.25, -0.2) is 13.1 Å². The van der Waals surface area contributed by atoms with E-state index in [0.717, 1.165) is 18.2 Å². The molecular weight excluding hydrogens is 300 g/mol. The molecule has 1 heterocycles. The molecule has 10 heteroatoms. The maximum absolute atomic E-state index is 12.1. The van der Waals surface area contributed by atoms with Crippen LogP contribution >= 0.6 is 0 Å². The summed E-state index contributed by atoms with van der Waals surface area (Å²) in [4.78, 5) is 9.96. The minimum Gasteiger partial charge on any atom is -0.472 e. The Morgan fingerprint density at radius 3 is 2.67 bits per heavy atom. The fourth-order valence-corrected chi connectivity index (χ4v) is 2.66. The fourth-order valence-electron chi connectivity index (χ4n) is 1.61. The number of nitrogens with two attached hydrogens (primary N) is 1. The highest BCUT2D eigenvalue weighted by Crippen LogP contribution is 2.26. The van der Waals surface area contributed by atoms with Gasteiger partial charge in [0, 0.05) is 18.2 Å². The van der Waals surface area contributed by atoms with Crippen LogP contribution in [-0.4, -0.2) is 13.3 Å². The number of nitrogens with zero attached hydrogens (tertiary/aromatic N) is 1. The van der Waals surface area contributed by atoms with Crippen LogP contribution in [0.5, 0.6) is 0 Å². The van der Waals surface area contributed by atoms with Crippen LogP contribution in [0.3, 0.4) is 0 Å². The lowest BCUT2D eigenvalue weighted by Gasteiger charge is -2.08. The zero-order chi connectivity index (χ0) is 15.5. The number of rotatable bonds is 6. The molecule has 0 spiro atoms. The first-order chi connectivity index (χ1) is 9.94. The number of nitrogens with one attached hydrogen (secondary N) is 2. The summed E-state index contributed by atoms with van der Waals surface area (Å²) in [7, 11) is -3.82. The van der Waals surface area contributed by atoms with Crippen molar-refractivity contribution in [1.82, 2.24) is 4.72 Å². The summed E-state index contributed by atoms with van der Waals surface area (Å²) in [5, 5.41) is 10.8. The van der Waals surface area contributed by atoms with Gasteiger partial charge in [0.15, 0.2) is 0 Å². The first kappa shape index (κ1) is 15.0. The molecule has 0 saturated carbocycles. The van der Waals surface area contributed by atoms with E-state index < -0.39 is 14.9 Å². The van der Waals surface area contributed by atoms with E-state index in [1.807, 2.05) is 0 Å². The van der Waals surface area contributed by atoms with E-state index in [0.29, 0.717) is 5.56 Å². The van der Waals surface area contributed by atoms with Crippen LogP contribution < -0.4 is 16.0 Å². The van der Waals surface area contributed by atoms with E-state index in [1.165, 1.54) is 12.5 Å². The van der Waals surface area contributed by atoms with E-state index in [-0.39, 0.29) is 22.8 Å². The Labute approximate surface area is 119 Å². The van der Waals surface area contributed by atoms with Crippen molar-refractivity contribution in [3.8, 4) is 0 Å². The van der Waals surface area contributed by atoms with Crippen LogP contribution in [0, 0.1) is 10.1 Å². The Morgan fingerprint density at radius 2 is 2.10 bits per heavy atom. The monoisotopic (exact) mass is 312 g/mol. The Morgan fingerprint density at radius 1 is 1.33 bits per heavy atom. The molecule has 4 N–H and O–H groups in total. The lowest BCUT2D eigenvalue weighted by atomic mass is 10.3. The van der Waals surface area contributed by atoms with Gasteiger partial charge in [0.05, 0.1) is 22.3 Å². The molecule has 2 aromatic rings. The van der Waals surface area contributed by atoms with Crippen LogP contribution in [0.25, 0.3) is 0 Å². The third-order valence-corrected chi connectivity index (χ3v) is 4.08. The topological polar surface area (TPSA) is 140 Å². The maximum atomic E-state index is 12.1. The molecule has 0 aliphatic rings. The molecule has 0 aliphatic heterocycles. The SMILES string of the molecule is NNc1cc(S(=O)(=O)NCc2ccoc2)ccc1[N+](=O)[O-]. The largest absolute Gasteiger partial charge is 0.472 e. The van der Waals surface area contributed by atoms with Gasteiger partial charge in [-0.05, 0) is 18.2 Å². The fraction of sp³-hybridized carbons (Fsp3) is 0.0909. The Kier molecular flexibility index (Phi) is 4.21. The molecule has 112 valence electrons. The predicted octanol–water partition coefficient (Wildman–Crippen LogP) is 0.952. The summed E-state index contributed by atoms with van der Waals surface area (Å²) in [6.45, 7) is 0.0429. The second-order valence-corrected chi connectivity index (χ2v) is 5.80. The second kappa shape index (κ2) is 5.91. The number of hydrazine groups is 1. The van der Waals surface area contributed by atoms with Gasteiger partial charge in [-0.15, -0.1) is 0 Å². The van der Waals surface area contributed by atoms with Gasteiger partial charge in [-0.2, -0.15) is 0 Å². The zero-order valence-corrected chi connectivity index (χ0v) is 11.5. The Hall–Kier alpha value is -2.43. The van der Waals surface area contributed by atoms with Crippen molar-refractivity contribution in [3.63, 3.8) is 0 Å². The van der Waals surface area contributed by atoms with Gasteiger partial charge in [-0.1, -0.05) is 0 Å². The van der Waals surface area contributed by atoms with Gasteiger partial charge < -0.3 is 9.84 Å². The Bertz CT molecular complexity index is 742. The second-order valence-electron chi connectivity index (χ2n) is 4.04. The first-order valence-electron chi connectivity index (χ1n) is 5.70. The number of furan rings is 1. The van der Waals surface area contributed by atoms with Crippen molar-refractivity contribution in [2.75, 3.05) is 5.43 Å². The molecule has 0 amide bonds. The van der Waals surface area contributed by atoms with Crippen molar-refractivity contribution < 1.29 is 17.8 Å². The van der Waals surface area contributed by atoms with E-state index in [4.69, 9.17) is 10.3 Å². The average Bonchev–Trinajstić information content (AvgIpc) is 2.97. The number of hydrogen-bond donors (Lipinski definition) is 3. The summed E-state index contributed by atoms with van der Waals surface area (Å²) >= 11 is 0. The highest BCUT2D eigenvalue weighted by Gasteiger charge is 2.20. The van der Waals surface area contributed by atoms with Crippen molar-refractivity contribution >= 4 is 21.4 Å². The molecule has 0 radical (unpaired) electrons. The van der Waals surface area contributed by atoms with Crippen LogP contribution in [0.15, 0.2) is 46.1 Å². The highest BCUT2D eigenvalue weighted by molar-refractivity contribution is 7.89. The van der Waals surface area contributed by atoms with Crippen LogP contribution in [0.1, 0.15) is 5.56 Å². The van der Waals surface area contributed by atoms with Gasteiger partial charge in [-0.3, -0.25) is 16.0 Å². The van der Waals surface area contributed by atoms with E-state index in [9.17, 15) is 18.5 Å². The lowest BCUT2D eigenvalue weighted by molar-refractivity contribution is -0.384.